The zero-order valence-corrected chi connectivity index (χ0v) is 16.1. The molecular weight excluding hydrogens is 336 g/mol. The van der Waals surface area contributed by atoms with Crippen LogP contribution < -0.4 is 0 Å². The third-order valence-corrected chi connectivity index (χ3v) is 5.52. The van der Waals surface area contributed by atoms with Gasteiger partial charge in [-0.15, -0.1) is 12.4 Å². The van der Waals surface area contributed by atoms with Gasteiger partial charge < -0.3 is 4.90 Å². The molecule has 0 bridgehead atoms. The highest BCUT2D eigenvalue weighted by molar-refractivity contribution is 6.09. The van der Waals surface area contributed by atoms with Crippen molar-refractivity contribution in [2.75, 3.05) is 26.7 Å². The first-order valence-electron chi connectivity index (χ1n) is 9.20. The molecule has 0 aromatic heterocycles. The van der Waals surface area contributed by atoms with E-state index in [4.69, 9.17) is 0 Å². The van der Waals surface area contributed by atoms with Crippen LogP contribution in [0.5, 0.6) is 0 Å². The SMILES string of the molecule is CCCN(C)CCCN1C(=O)CC2(CCCc3ccccc32)C1=O.Cl. The van der Waals surface area contributed by atoms with Crippen molar-refractivity contribution < 1.29 is 9.59 Å². The normalized spacial score (nSPS) is 22.4. The second kappa shape index (κ2) is 8.33. The molecule has 1 aliphatic carbocycles. The van der Waals surface area contributed by atoms with E-state index in [1.807, 2.05) is 12.1 Å². The van der Waals surface area contributed by atoms with Crippen LogP contribution in [0.2, 0.25) is 0 Å². The van der Waals surface area contributed by atoms with E-state index < -0.39 is 5.41 Å². The summed E-state index contributed by atoms with van der Waals surface area (Å²) in [5.41, 5.74) is 1.76. The summed E-state index contributed by atoms with van der Waals surface area (Å²) in [5.74, 6) is 0.0487. The van der Waals surface area contributed by atoms with E-state index in [0.29, 0.717) is 13.0 Å². The summed E-state index contributed by atoms with van der Waals surface area (Å²) in [6.07, 6.45) is 5.14. The molecule has 2 amide bonds. The summed E-state index contributed by atoms with van der Waals surface area (Å²) in [7, 11) is 2.09. The van der Waals surface area contributed by atoms with Crippen molar-refractivity contribution in [1.29, 1.82) is 0 Å². The molecule has 0 N–H and O–H groups in total. The molecule has 25 heavy (non-hydrogen) atoms. The summed E-state index contributed by atoms with van der Waals surface area (Å²) in [6, 6.07) is 8.18. The Labute approximate surface area is 157 Å². The largest absolute Gasteiger partial charge is 0.306 e. The number of aryl methyl sites for hydroxylation is 1. The van der Waals surface area contributed by atoms with Gasteiger partial charge in [-0.2, -0.15) is 0 Å². The molecule has 1 aromatic carbocycles. The molecule has 1 spiro atoms. The minimum atomic E-state index is -0.582. The molecule has 1 atom stereocenters. The van der Waals surface area contributed by atoms with Gasteiger partial charge in [-0.05, 0) is 63.4 Å². The van der Waals surface area contributed by atoms with Crippen molar-refractivity contribution in [3.05, 3.63) is 35.4 Å². The van der Waals surface area contributed by atoms with E-state index in [1.54, 1.807) is 0 Å². The van der Waals surface area contributed by atoms with Crippen molar-refractivity contribution in [2.24, 2.45) is 0 Å². The number of nitrogens with zero attached hydrogens (tertiary/aromatic N) is 2. The molecular formula is C20H29ClN2O2. The van der Waals surface area contributed by atoms with Gasteiger partial charge >= 0.3 is 0 Å². The van der Waals surface area contributed by atoms with Gasteiger partial charge in [-0.3, -0.25) is 14.5 Å². The van der Waals surface area contributed by atoms with Crippen LogP contribution in [-0.2, 0) is 21.4 Å². The van der Waals surface area contributed by atoms with E-state index in [0.717, 1.165) is 50.8 Å². The lowest BCUT2D eigenvalue weighted by Gasteiger charge is -2.33. The highest BCUT2D eigenvalue weighted by atomic mass is 35.5. The van der Waals surface area contributed by atoms with Crippen LogP contribution in [0.15, 0.2) is 24.3 Å². The van der Waals surface area contributed by atoms with Gasteiger partial charge in [-0.1, -0.05) is 31.2 Å². The van der Waals surface area contributed by atoms with Gasteiger partial charge in [-0.25, -0.2) is 0 Å². The van der Waals surface area contributed by atoms with Crippen LogP contribution in [0.1, 0.15) is 50.2 Å². The minimum absolute atomic E-state index is 0. The fourth-order valence-corrected chi connectivity index (χ4v) is 4.35. The Bertz CT molecular complexity index is 634. The fraction of sp³-hybridized carbons (Fsp3) is 0.600. The first-order valence-corrected chi connectivity index (χ1v) is 9.20. The molecule has 1 saturated heterocycles. The lowest BCUT2D eigenvalue weighted by Crippen LogP contribution is -2.41. The summed E-state index contributed by atoms with van der Waals surface area (Å²) in [4.78, 5) is 29.5. The van der Waals surface area contributed by atoms with Crippen LogP contribution in [0.4, 0.5) is 0 Å². The topological polar surface area (TPSA) is 40.6 Å². The molecule has 0 radical (unpaired) electrons. The molecule has 4 nitrogen and oxygen atoms in total. The van der Waals surface area contributed by atoms with Gasteiger partial charge in [0.05, 0.1) is 5.41 Å². The Balaban J connectivity index is 0.00000225. The molecule has 138 valence electrons. The second-order valence-electron chi connectivity index (χ2n) is 7.28. The van der Waals surface area contributed by atoms with Crippen molar-refractivity contribution >= 4 is 24.2 Å². The summed E-state index contributed by atoms with van der Waals surface area (Å²) >= 11 is 0. The summed E-state index contributed by atoms with van der Waals surface area (Å²) in [6.45, 7) is 4.69. The number of rotatable bonds is 6. The van der Waals surface area contributed by atoms with E-state index in [-0.39, 0.29) is 24.2 Å². The van der Waals surface area contributed by atoms with Gasteiger partial charge in [0.1, 0.15) is 0 Å². The molecule has 1 fully saturated rings. The quantitative estimate of drug-likeness (QED) is 0.728. The van der Waals surface area contributed by atoms with Crippen LogP contribution in [0.25, 0.3) is 0 Å². The van der Waals surface area contributed by atoms with E-state index >= 15 is 0 Å². The fourth-order valence-electron chi connectivity index (χ4n) is 4.35. The van der Waals surface area contributed by atoms with Gasteiger partial charge in [0, 0.05) is 13.0 Å². The maximum atomic E-state index is 13.1. The number of amides is 2. The number of benzene rings is 1. The zero-order chi connectivity index (χ0) is 17.2. The maximum Gasteiger partial charge on any atom is 0.240 e. The van der Waals surface area contributed by atoms with Crippen LogP contribution in [-0.4, -0.2) is 48.3 Å². The number of hydrogen-bond acceptors (Lipinski definition) is 3. The first-order chi connectivity index (χ1) is 11.6. The van der Waals surface area contributed by atoms with E-state index in [1.165, 1.54) is 10.5 Å². The summed E-state index contributed by atoms with van der Waals surface area (Å²) in [5, 5.41) is 0. The molecule has 2 aliphatic rings. The first kappa shape index (κ1) is 19.9. The lowest BCUT2D eigenvalue weighted by atomic mass is 9.69. The molecule has 1 aromatic rings. The van der Waals surface area contributed by atoms with Crippen molar-refractivity contribution in [1.82, 2.24) is 9.80 Å². The highest BCUT2D eigenvalue weighted by Crippen LogP contribution is 2.45. The number of carbonyl (C=O) groups excluding carboxylic acids is 2. The molecule has 3 rings (SSSR count). The predicted molar refractivity (Wildman–Crippen MR) is 102 cm³/mol. The Morgan fingerprint density at radius 1 is 1.20 bits per heavy atom. The van der Waals surface area contributed by atoms with Crippen LogP contribution in [0, 0.1) is 0 Å². The monoisotopic (exact) mass is 364 g/mol. The molecule has 1 heterocycles. The Morgan fingerprint density at radius 2 is 1.96 bits per heavy atom. The van der Waals surface area contributed by atoms with Crippen molar-refractivity contribution in [2.45, 2.75) is 50.9 Å². The number of fused-ring (bicyclic) bond motifs is 2. The lowest BCUT2D eigenvalue weighted by molar-refractivity contribution is -0.140. The number of likely N-dealkylation sites (tertiary alicyclic amines) is 1. The van der Waals surface area contributed by atoms with Gasteiger partial charge in [0.2, 0.25) is 11.8 Å². The highest BCUT2D eigenvalue weighted by Gasteiger charge is 2.53. The Kier molecular flexibility index (Phi) is 6.64. The molecule has 1 aliphatic heterocycles. The number of carbonyl (C=O) groups is 2. The molecule has 1 unspecified atom stereocenters. The van der Waals surface area contributed by atoms with Gasteiger partial charge in [0.15, 0.2) is 0 Å². The van der Waals surface area contributed by atoms with E-state index in [2.05, 4.69) is 31.0 Å². The minimum Gasteiger partial charge on any atom is -0.306 e. The van der Waals surface area contributed by atoms with Crippen LogP contribution in [0.3, 0.4) is 0 Å². The molecule has 5 heteroatoms. The second-order valence-corrected chi connectivity index (χ2v) is 7.28. The smallest absolute Gasteiger partial charge is 0.240 e. The maximum absolute atomic E-state index is 13.1. The van der Waals surface area contributed by atoms with Gasteiger partial charge in [0.25, 0.3) is 0 Å². The van der Waals surface area contributed by atoms with Crippen LogP contribution >= 0.6 is 12.4 Å². The average Bonchev–Trinajstić information content (AvgIpc) is 2.80. The number of hydrogen-bond donors (Lipinski definition) is 0. The third-order valence-electron chi connectivity index (χ3n) is 5.52. The third kappa shape index (κ3) is 3.75. The van der Waals surface area contributed by atoms with Crippen molar-refractivity contribution in [3.8, 4) is 0 Å². The predicted octanol–water partition coefficient (Wildman–Crippen LogP) is 3.17. The average molecular weight is 365 g/mol. The Morgan fingerprint density at radius 3 is 2.72 bits per heavy atom. The number of halogens is 1. The van der Waals surface area contributed by atoms with E-state index in [9.17, 15) is 9.59 Å². The molecule has 0 saturated carbocycles. The Hall–Kier alpha value is -1.39. The zero-order valence-electron chi connectivity index (χ0n) is 15.3. The summed E-state index contributed by atoms with van der Waals surface area (Å²) < 4.78 is 0. The van der Waals surface area contributed by atoms with Crippen molar-refractivity contribution in [3.63, 3.8) is 0 Å². The standard InChI is InChI=1S/C20H28N2O2.ClH/c1-3-12-21(2)13-7-14-22-18(23)15-20(19(22)24)11-6-9-16-8-4-5-10-17(16)20;/h4-5,8,10H,3,6-7,9,11-15H2,1-2H3;1H. The number of imide groups is 1.